The van der Waals surface area contributed by atoms with E-state index in [1.807, 2.05) is 4.68 Å². The first-order valence-corrected chi connectivity index (χ1v) is 7.83. The summed E-state index contributed by atoms with van der Waals surface area (Å²) >= 11 is 1.75. The van der Waals surface area contributed by atoms with E-state index in [-0.39, 0.29) is 0 Å². The van der Waals surface area contributed by atoms with Crippen molar-refractivity contribution in [3.8, 4) is 0 Å². The Morgan fingerprint density at radius 1 is 1.47 bits per heavy atom. The normalized spacial score (nSPS) is 18.0. The Labute approximate surface area is 118 Å². The Bertz CT molecular complexity index is 367. The van der Waals surface area contributed by atoms with Crippen molar-refractivity contribution in [1.29, 1.82) is 0 Å². The summed E-state index contributed by atoms with van der Waals surface area (Å²) in [4.78, 5) is 0. The zero-order chi connectivity index (χ0) is 13.5. The number of nitrogens with zero attached hydrogens (tertiary/aromatic N) is 4. The average molecular weight is 285 g/mol. The highest BCUT2D eigenvalue weighted by Crippen LogP contribution is 2.32. The molecule has 1 aliphatic rings. The second kappa shape index (κ2) is 7.81. The largest absolute Gasteiger partial charge is 0.383 e. The van der Waals surface area contributed by atoms with Crippen LogP contribution in [-0.2, 0) is 4.74 Å². The molecule has 1 unspecified atom stereocenters. The maximum absolute atomic E-state index is 5.01. The van der Waals surface area contributed by atoms with Crippen molar-refractivity contribution in [2.75, 3.05) is 26.8 Å². The predicted molar refractivity (Wildman–Crippen MR) is 75.4 cm³/mol. The molecule has 19 heavy (non-hydrogen) atoms. The van der Waals surface area contributed by atoms with Gasteiger partial charge in [0.05, 0.1) is 12.6 Å². The van der Waals surface area contributed by atoms with Crippen LogP contribution >= 0.6 is 11.8 Å². The summed E-state index contributed by atoms with van der Waals surface area (Å²) in [6.45, 7) is 4.76. The van der Waals surface area contributed by atoms with Crippen LogP contribution in [0.4, 0.5) is 0 Å². The van der Waals surface area contributed by atoms with E-state index < -0.39 is 0 Å². The van der Waals surface area contributed by atoms with E-state index >= 15 is 0 Å². The third kappa shape index (κ3) is 4.43. The molecule has 2 rings (SSSR count). The van der Waals surface area contributed by atoms with Crippen LogP contribution in [-0.4, -0.2) is 52.3 Å². The number of rotatable bonds is 8. The minimum atomic E-state index is 0.447. The maximum Gasteiger partial charge on any atom is 0.209 e. The van der Waals surface area contributed by atoms with Crippen LogP contribution in [0.2, 0.25) is 0 Å². The van der Waals surface area contributed by atoms with Gasteiger partial charge in [-0.1, -0.05) is 31.5 Å². The Morgan fingerprint density at radius 3 is 3.00 bits per heavy atom. The molecule has 1 aromatic heterocycles. The van der Waals surface area contributed by atoms with Gasteiger partial charge in [-0.05, 0) is 23.3 Å². The molecule has 6 nitrogen and oxygen atoms in total. The molecule has 0 bridgehead atoms. The molecule has 1 aliphatic carbocycles. The summed E-state index contributed by atoms with van der Waals surface area (Å²) in [6.07, 6.45) is 5.00. The zero-order valence-corrected chi connectivity index (χ0v) is 12.5. The first-order chi connectivity index (χ1) is 9.31. The van der Waals surface area contributed by atoms with E-state index in [0.29, 0.717) is 11.3 Å². The van der Waals surface area contributed by atoms with Crippen molar-refractivity contribution in [1.82, 2.24) is 25.5 Å². The Balaban J connectivity index is 1.80. The van der Waals surface area contributed by atoms with Gasteiger partial charge in [0, 0.05) is 25.4 Å². The van der Waals surface area contributed by atoms with E-state index in [9.17, 15) is 0 Å². The lowest BCUT2D eigenvalue weighted by molar-refractivity contribution is 0.199. The quantitative estimate of drug-likeness (QED) is 0.577. The molecule has 1 heterocycles. The number of ether oxygens (including phenoxy) is 1. The predicted octanol–water partition coefficient (Wildman–Crippen LogP) is 1.50. The number of tetrazole rings is 1. The summed E-state index contributed by atoms with van der Waals surface area (Å²) in [5, 5.41) is 16.9. The number of hydrogen-bond donors (Lipinski definition) is 1. The minimum Gasteiger partial charge on any atom is -0.383 e. The van der Waals surface area contributed by atoms with Gasteiger partial charge in [-0.2, -0.15) is 0 Å². The van der Waals surface area contributed by atoms with Crippen molar-refractivity contribution >= 4 is 11.8 Å². The van der Waals surface area contributed by atoms with E-state index in [0.717, 1.165) is 24.9 Å². The molecule has 1 N–H and O–H groups in total. The third-order valence-corrected chi connectivity index (χ3v) is 4.40. The highest BCUT2D eigenvalue weighted by Gasteiger charge is 2.22. The van der Waals surface area contributed by atoms with Crippen molar-refractivity contribution in [3.05, 3.63) is 0 Å². The SMILES string of the molecule is COCCNCC(C)Sc1nnnn1C1CCCC1. The van der Waals surface area contributed by atoms with Crippen molar-refractivity contribution in [2.24, 2.45) is 0 Å². The second-order valence-electron chi connectivity index (χ2n) is 4.97. The minimum absolute atomic E-state index is 0.447. The van der Waals surface area contributed by atoms with Gasteiger partial charge in [0.2, 0.25) is 5.16 Å². The molecule has 0 spiro atoms. The molecule has 1 fully saturated rings. The smallest absolute Gasteiger partial charge is 0.209 e. The lowest BCUT2D eigenvalue weighted by atomic mass is 10.3. The molecule has 1 aromatic rings. The van der Waals surface area contributed by atoms with E-state index in [1.54, 1.807) is 18.9 Å². The molecular formula is C12H23N5OS. The Morgan fingerprint density at radius 2 is 2.26 bits per heavy atom. The number of nitrogens with one attached hydrogen (secondary N) is 1. The fraction of sp³-hybridized carbons (Fsp3) is 0.917. The van der Waals surface area contributed by atoms with E-state index in [4.69, 9.17) is 4.74 Å². The summed E-state index contributed by atoms with van der Waals surface area (Å²) in [5.41, 5.74) is 0. The molecule has 7 heteroatoms. The topological polar surface area (TPSA) is 64.9 Å². The van der Waals surface area contributed by atoms with Crippen LogP contribution in [0.25, 0.3) is 0 Å². The third-order valence-electron chi connectivity index (χ3n) is 3.35. The van der Waals surface area contributed by atoms with E-state index in [1.165, 1.54) is 25.7 Å². The van der Waals surface area contributed by atoms with Crippen molar-refractivity contribution < 1.29 is 4.74 Å². The fourth-order valence-corrected chi connectivity index (χ4v) is 3.28. The number of aromatic nitrogens is 4. The Hall–Kier alpha value is -0.660. The second-order valence-corrected chi connectivity index (χ2v) is 6.38. The van der Waals surface area contributed by atoms with Gasteiger partial charge in [0.25, 0.3) is 0 Å². The molecule has 0 aromatic carbocycles. The van der Waals surface area contributed by atoms with Gasteiger partial charge in [-0.3, -0.25) is 0 Å². The van der Waals surface area contributed by atoms with Gasteiger partial charge in [-0.15, -0.1) is 5.10 Å². The van der Waals surface area contributed by atoms with Crippen molar-refractivity contribution in [2.45, 2.75) is 49.1 Å². The van der Waals surface area contributed by atoms with Crippen LogP contribution in [0.3, 0.4) is 0 Å². The molecule has 0 amide bonds. The lowest BCUT2D eigenvalue weighted by Crippen LogP contribution is -2.26. The number of thioether (sulfide) groups is 1. The monoisotopic (exact) mass is 285 g/mol. The van der Waals surface area contributed by atoms with Crippen molar-refractivity contribution in [3.63, 3.8) is 0 Å². The molecule has 0 aliphatic heterocycles. The van der Waals surface area contributed by atoms with Gasteiger partial charge in [-0.25, -0.2) is 4.68 Å². The molecule has 1 atom stereocenters. The Kier molecular flexibility index (Phi) is 6.06. The summed E-state index contributed by atoms with van der Waals surface area (Å²) in [7, 11) is 1.72. The molecule has 0 radical (unpaired) electrons. The van der Waals surface area contributed by atoms with Crippen LogP contribution in [0, 0.1) is 0 Å². The number of hydrogen-bond acceptors (Lipinski definition) is 6. The molecular weight excluding hydrogens is 262 g/mol. The first kappa shape index (κ1) is 14.7. The molecule has 1 saturated carbocycles. The molecule has 108 valence electrons. The highest BCUT2D eigenvalue weighted by molar-refractivity contribution is 7.99. The van der Waals surface area contributed by atoms with Gasteiger partial charge in [0.15, 0.2) is 0 Å². The number of methoxy groups -OCH3 is 1. The van der Waals surface area contributed by atoms with E-state index in [2.05, 4.69) is 27.8 Å². The van der Waals surface area contributed by atoms with Gasteiger partial charge in [0.1, 0.15) is 0 Å². The lowest BCUT2D eigenvalue weighted by Gasteiger charge is -2.14. The molecule has 0 saturated heterocycles. The maximum atomic E-state index is 5.01. The van der Waals surface area contributed by atoms with Crippen LogP contribution in [0.5, 0.6) is 0 Å². The summed E-state index contributed by atoms with van der Waals surface area (Å²) in [5.74, 6) is 0. The van der Waals surface area contributed by atoms with Gasteiger partial charge < -0.3 is 10.1 Å². The fourth-order valence-electron chi connectivity index (χ4n) is 2.34. The van der Waals surface area contributed by atoms with Crippen LogP contribution < -0.4 is 5.32 Å². The van der Waals surface area contributed by atoms with Gasteiger partial charge >= 0.3 is 0 Å². The summed E-state index contributed by atoms with van der Waals surface area (Å²) < 4.78 is 7.03. The zero-order valence-electron chi connectivity index (χ0n) is 11.7. The summed E-state index contributed by atoms with van der Waals surface area (Å²) in [6, 6.07) is 0.506. The average Bonchev–Trinajstić information content (AvgIpc) is 3.04. The van der Waals surface area contributed by atoms with Crippen LogP contribution in [0.15, 0.2) is 5.16 Å². The first-order valence-electron chi connectivity index (χ1n) is 6.95. The highest BCUT2D eigenvalue weighted by atomic mass is 32.2. The van der Waals surface area contributed by atoms with Crippen LogP contribution in [0.1, 0.15) is 38.6 Å². The standard InChI is InChI=1S/C12H23N5OS/c1-10(9-13-7-8-18-2)19-12-14-15-16-17(12)11-5-3-4-6-11/h10-11,13H,3-9H2,1-2H3.